The topological polar surface area (TPSA) is 50.2 Å². The number of carboxylic acid groups (broad SMARTS) is 1. The van der Waals surface area contributed by atoms with E-state index in [4.69, 9.17) is 5.11 Å². The summed E-state index contributed by atoms with van der Waals surface area (Å²) in [6, 6.07) is 0. The van der Waals surface area contributed by atoms with Crippen molar-refractivity contribution in [2.24, 2.45) is 0 Å². The molecule has 1 N–H and O–H groups in total. The van der Waals surface area contributed by atoms with E-state index < -0.39 is 5.97 Å². The number of aryl methyl sites for hydroxylation is 2. The third kappa shape index (κ3) is 1.53. The molecule has 0 aliphatic rings. The van der Waals surface area contributed by atoms with Gasteiger partial charge in [-0.25, -0.2) is 9.78 Å². The van der Waals surface area contributed by atoms with E-state index in [1.165, 1.54) is 11.3 Å². The van der Waals surface area contributed by atoms with Crippen LogP contribution < -0.4 is 0 Å². The lowest BCUT2D eigenvalue weighted by Crippen LogP contribution is -1.97. The standard InChI is InChI=1S/C8H9NO2S/c1-4(8(10)11)7-5(2)9-6(3)12-7/h1H2,2-3H3,(H,10,11). The minimum Gasteiger partial charge on any atom is -0.478 e. The number of rotatable bonds is 2. The Morgan fingerprint density at radius 3 is 2.50 bits per heavy atom. The van der Waals surface area contributed by atoms with E-state index in [1.807, 2.05) is 6.92 Å². The average Bonchev–Trinajstić information content (AvgIpc) is 2.28. The molecule has 1 aromatic rings. The molecule has 0 radical (unpaired) electrons. The molecule has 12 heavy (non-hydrogen) atoms. The molecule has 0 aromatic carbocycles. The Hall–Kier alpha value is -1.16. The number of hydrogen-bond donors (Lipinski definition) is 1. The van der Waals surface area contributed by atoms with Gasteiger partial charge in [0.15, 0.2) is 0 Å². The van der Waals surface area contributed by atoms with Gasteiger partial charge in [0, 0.05) is 0 Å². The maximum atomic E-state index is 10.5. The van der Waals surface area contributed by atoms with Gasteiger partial charge in [0.2, 0.25) is 0 Å². The van der Waals surface area contributed by atoms with Crippen LogP contribution in [0.5, 0.6) is 0 Å². The molecular weight excluding hydrogens is 174 g/mol. The van der Waals surface area contributed by atoms with E-state index >= 15 is 0 Å². The molecule has 4 heteroatoms. The van der Waals surface area contributed by atoms with E-state index in [0.717, 1.165) is 10.7 Å². The molecule has 0 aliphatic heterocycles. The van der Waals surface area contributed by atoms with Crippen molar-refractivity contribution in [3.63, 3.8) is 0 Å². The first-order chi connectivity index (χ1) is 5.52. The third-order valence-electron chi connectivity index (χ3n) is 1.44. The third-order valence-corrected chi connectivity index (χ3v) is 2.57. The highest BCUT2D eigenvalue weighted by molar-refractivity contribution is 7.13. The maximum absolute atomic E-state index is 10.5. The first-order valence-electron chi connectivity index (χ1n) is 3.39. The Labute approximate surface area is 74.4 Å². The summed E-state index contributed by atoms with van der Waals surface area (Å²) >= 11 is 1.36. The summed E-state index contributed by atoms with van der Waals surface area (Å²) in [6.45, 7) is 7.10. The van der Waals surface area contributed by atoms with Gasteiger partial charge in [0.25, 0.3) is 0 Å². The van der Waals surface area contributed by atoms with E-state index in [-0.39, 0.29) is 5.57 Å². The molecule has 3 nitrogen and oxygen atoms in total. The molecule has 0 amide bonds. The minimum absolute atomic E-state index is 0.123. The van der Waals surface area contributed by atoms with Crippen molar-refractivity contribution in [1.82, 2.24) is 4.98 Å². The zero-order chi connectivity index (χ0) is 9.30. The van der Waals surface area contributed by atoms with Crippen LogP contribution in [-0.2, 0) is 4.79 Å². The van der Waals surface area contributed by atoms with Crippen molar-refractivity contribution >= 4 is 22.9 Å². The van der Waals surface area contributed by atoms with Gasteiger partial charge in [-0.15, -0.1) is 11.3 Å². The summed E-state index contributed by atoms with van der Waals surface area (Å²) < 4.78 is 0. The quantitative estimate of drug-likeness (QED) is 0.712. The van der Waals surface area contributed by atoms with Crippen LogP contribution in [0.3, 0.4) is 0 Å². The molecular formula is C8H9NO2S. The molecule has 0 unspecified atom stereocenters. The molecule has 1 rings (SSSR count). The van der Waals surface area contributed by atoms with Crippen molar-refractivity contribution in [3.8, 4) is 0 Å². The van der Waals surface area contributed by atoms with Crippen LogP contribution in [0.25, 0.3) is 5.57 Å². The second kappa shape index (κ2) is 3.06. The molecule has 0 fully saturated rings. The molecule has 0 saturated carbocycles. The second-order valence-corrected chi connectivity index (χ2v) is 3.63. The zero-order valence-electron chi connectivity index (χ0n) is 6.92. The van der Waals surface area contributed by atoms with E-state index in [9.17, 15) is 4.79 Å². The van der Waals surface area contributed by atoms with Gasteiger partial charge < -0.3 is 5.11 Å². The normalized spacial score (nSPS) is 9.83. The van der Waals surface area contributed by atoms with Gasteiger partial charge in [-0.05, 0) is 13.8 Å². The molecule has 0 spiro atoms. The predicted molar refractivity (Wildman–Crippen MR) is 48.3 cm³/mol. The fourth-order valence-electron chi connectivity index (χ4n) is 0.908. The molecule has 1 heterocycles. The van der Waals surface area contributed by atoms with Gasteiger partial charge >= 0.3 is 5.97 Å². The molecule has 0 bridgehead atoms. The number of thiazole rings is 1. The van der Waals surface area contributed by atoms with Crippen molar-refractivity contribution in [1.29, 1.82) is 0 Å². The van der Waals surface area contributed by atoms with Crippen molar-refractivity contribution in [3.05, 3.63) is 22.2 Å². The number of nitrogens with zero attached hydrogens (tertiary/aromatic N) is 1. The molecule has 1 aromatic heterocycles. The number of aromatic nitrogens is 1. The van der Waals surface area contributed by atoms with Gasteiger partial charge in [0.1, 0.15) is 0 Å². The van der Waals surface area contributed by atoms with Crippen LogP contribution in [0.1, 0.15) is 15.6 Å². The molecule has 0 atom stereocenters. The number of hydrogen-bond acceptors (Lipinski definition) is 3. The van der Waals surface area contributed by atoms with Crippen LogP contribution in [0.15, 0.2) is 6.58 Å². The van der Waals surface area contributed by atoms with Crippen LogP contribution >= 0.6 is 11.3 Å². The first-order valence-corrected chi connectivity index (χ1v) is 4.20. The van der Waals surface area contributed by atoms with Crippen molar-refractivity contribution in [2.75, 3.05) is 0 Å². The number of aliphatic carboxylic acids is 1. The molecule has 64 valence electrons. The summed E-state index contributed by atoms with van der Waals surface area (Å²) in [5.41, 5.74) is 0.864. The fraction of sp³-hybridized carbons (Fsp3) is 0.250. The zero-order valence-corrected chi connectivity index (χ0v) is 7.73. The molecule has 0 saturated heterocycles. The SMILES string of the molecule is C=C(C(=O)O)c1sc(C)nc1C. The van der Waals surface area contributed by atoms with E-state index in [2.05, 4.69) is 11.6 Å². The lowest BCUT2D eigenvalue weighted by Gasteiger charge is -1.94. The fourth-order valence-corrected chi connectivity index (χ4v) is 1.79. The summed E-state index contributed by atoms with van der Waals surface area (Å²) in [5.74, 6) is -0.984. The largest absolute Gasteiger partial charge is 0.478 e. The smallest absolute Gasteiger partial charge is 0.336 e. The van der Waals surface area contributed by atoms with Crippen LogP contribution in [0.4, 0.5) is 0 Å². The van der Waals surface area contributed by atoms with Crippen molar-refractivity contribution < 1.29 is 9.90 Å². The monoisotopic (exact) mass is 183 g/mol. The maximum Gasteiger partial charge on any atom is 0.336 e. The average molecular weight is 183 g/mol. The highest BCUT2D eigenvalue weighted by Crippen LogP contribution is 2.24. The van der Waals surface area contributed by atoms with E-state index in [0.29, 0.717) is 4.88 Å². The predicted octanol–water partition coefficient (Wildman–Crippen LogP) is 1.86. The minimum atomic E-state index is -0.984. The Morgan fingerprint density at radius 1 is 1.58 bits per heavy atom. The van der Waals surface area contributed by atoms with Crippen LogP contribution in [0, 0.1) is 13.8 Å². The van der Waals surface area contributed by atoms with Crippen molar-refractivity contribution in [2.45, 2.75) is 13.8 Å². The Balaban J connectivity index is 3.11. The van der Waals surface area contributed by atoms with Gasteiger partial charge in [-0.3, -0.25) is 0 Å². The Bertz CT molecular complexity index is 341. The summed E-state index contributed by atoms with van der Waals surface area (Å²) in [6.07, 6.45) is 0. The Morgan fingerprint density at radius 2 is 2.17 bits per heavy atom. The summed E-state index contributed by atoms with van der Waals surface area (Å²) in [4.78, 5) is 15.3. The highest BCUT2D eigenvalue weighted by atomic mass is 32.1. The lowest BCUT2D eigenvalue weighted by atomic mass is 10.2. The number of carbonyl (C=O) groups is 1. The lowest BCUT2D eigenvalue weighted by molar-refractivity contribution is -0.130. The second-order valence-electron chi connectivity index (χ2n) is 2.43. The van der Waals surface area contributed by atoms with E-state index in [1.54, 1.807) is 6.92 Å². The van der Waals surface area contributed by atoms with Crippen LogP contribution in [0.2, 0.25) is 0 Å². The summed E-state index contributed by atoms with van der Waals surface area (Å²) in [5, 5.41) is 9.51. The van der Waals surface area contributed by atoms with Gasteiger partial charge in [0.05, 0.1) is 21.2 Å². The van der Waals surface area contributed by atoms with Gasteiger partial charge in [-0.2, -0.15) is 0 Å². The highest BCUT2D eigenvalue weighted by Gasteiger charge is 2.13. The first kappa shape index (κ1) is 8.93. The number of carboxylic acids is 1. The van der Waals surface area contributed by atoms with Gasteiger partial charge in [-0.1, -0.05) is 6.58 Å². The Kier molecular flexibility index (Phi) is 2.28. The van der Waals surface area contributed by atoms with Crippen LogP contribution in [-0.4, -0.2) is 16.1 Å². The summed E-state index contributed by atoms with van der Waals surface area (Å²) in [7, 11) is 0. The molecule has 0 aliphatic carbocycles.